The van der Waals surface area contributed by atoms with E-state index in [0.29, 0.717) is 26.7 Å². The SMILES string of the molecule is O=C(Nc1ccc(-c2cnc(CNS(=O)(=O)C(F)(F)F)s2)cc1)c1ccccc1Cl. The first-order chi connectivity index (χ1) is 14.1. The number of nitrogens with zero attached hydrogens (tertiary/aromatic N) is 1. The van der Waals surface area contributed by atoms with E-state index < -0.39 is 22.1 Å². The van der Waals surface area contributed by atoms with Gasteiger partial charge in [0.05, 0.1) is 22.0 Å². The number of rotatable bonds is 6. The van der Waals surface area contributed by atoms with Crippen LogP contribution in [0.2, 0.25) is 5.02 Å². The molecule has 0 aliphatic carbocycles. The summed E-state index contributed by atoms with van der Waals surface area (Å²) in [6, 6.07) is 13.3. The normalized spacial score (nSPS) is 12.0. The van der Waals surface area contributed by atoms with Crippen molar-refractivity contribution >= 4 is 44.6 Å². The third-order valence-corrected chi connectivity index (χ3v) is 6.33. The highest BCUT2D eigenvalue weighted by molar-refractivity contribution is 7.90. The van der Waals surface area contributed by atoms with Crippen LogP contribution in [0.5, 0.6) is 0 Å². The molecule has 2 N–H and O–H groups in total. The Morgan fingerprint density at radius 1 is 1.10 bits per heavy atom. The third-order valence-electron chi connectivity index (χ3n) is 3.82. The molecule has 0 unspecified atom stereocenters. The van der Waals surface area contributed by atoms with Crippen LogP contribution in [0.25, 0.3) is 10.4 Å². The Kier molecular flexibility index (Phi) is 6.46. The fourth-order valence-corrected chi connectivity index (χ4v) is 3.99. The van der Waals surface area contributed by atoms with Crippen molar-refractivity contribution in [1.82, 2.24) is 9.71 Å². The molecule has 0 spiro atoms. The van der Waals surface area contributed by atoms with Crippen molar-refractivity contribution in [3.63, 3.8) is 0 Å². The first-order valence-corrected chi connectivity index (χ1v) is 10.9. The van der Waals surface area contributed by atoms with Crippen LogP contribution in [-0.2, 0) is 16.6 Å². The highest BCUT2D eigenvalue weighted by Gasteiger charge is 2.45. The van der Waals surface area contributed by atoms with Crippen molar-refractivity contribution in [3.8, 4) is 10.4 Å². The number of benzene rings is 2. The molecule has 0 saturated carbocycles. The number of aromatic nitrogens is 1. The third kappa shape index (κ3) is 5.17. The summed E-state index contributed by atoms with van der Waals surface area (Å²) in [5.74, 6) is -0.370. The lowest BCUT2D eigenvalue weighted by Gasteiger charge is -2.08. The molecule has 0 bridgehead atoms. The zero-order valence-electron chi connectivity index (χ0n) is 14.9. The average molecular weight is 476 g/mol. The Hall–Kier alpha value is -2.47. The molecule has 2 aromatic carbocycles. The van der Waals surface area contributed by atoms with Crippen molar-refractivity contribution in [2.45, 2.75) is 12.1 Å². The van der Waals surface area contributed by atoms with Crippen molar-refractivity contribution in [2.24, 2.45) is 0 Å². The first kappa shape index (κ1) is 22.2. The van der Waals surface area contributed by atoms with Gasteiger partial charge >= 0.3 is 15.5 Å². The molecule has 30 heavy (non-hydrogen) atoms. The van der Waals surface area contributed by atoms with Gasteiger partial charge in [-0.05, 0) is 29.8 Å². The molecule has 1 aromatic heterocycles. The predicted octanol–water partition coefficient (Wildman–Crippen LogP) is 4.66. The highest BCUT2D eigenvalue weighted by Crippen LogP contribution is 2.28. The molecular formula is C18H13ClF3N3O3S2. The first-order valence-electron chi connectivity index (χ1n) is 8.24. The number of thiazole rings is 1. The van der Waals surface area contributed by atoms with E-state index in [1.807, 2.05) is 0 Å². The Bertz CT molecular complexity index is 1160. The predicted molar refractivity (Wildman–Crippen MR) is 109 cm³/mol. The standard InChI is InChI=1S/C18H13ClF3N3O3S2/c19-14-4-2-1-3-13(14)17(26)25-12-7-5-11(6-8-12)15-9-23-16(29-15)10-24-30(27,28)18(20,21)22/h1-9,24H,10H2,(H,25,26). The second-order valence-electron chi connectivity index (χ2n) is 5.90. The Labute approximate surface area is 178 Å². The molecule has 0 fully saturated rings. The second kappa shape index (κ2) is 8.72. The lowest BCUT2D eigenvalue weighted by Crippen LogP contribution is -2.35. The molecule has 0 aliphatic heterocycles. The number of carbonyl (C=O) groups is 1. The summed E-state index contributed by atoms with van der Waals surface area (Å²) in [4.78, 5) is 16.8. The number of sulfonamides is 1. The van der Waals surface area contributed by atoms with Gasteiger partial charge in [-0.25, -0.2) is 18.1 Å². The van der Waals surface area contributed by atoms with E-state index in [4.69, 9.17) is 11.6 Å². The molecule has 1 amide bonds. The highest BCUT2D eigenvalue weighted by atomic mass is 35.5. The molecule has 3 aromatic rings. The number of carbonyl (C=O) groups excluding carboxylic acids is 1. The van der Waals surface area contributed by atoms with Gasteiger partial charge in [-0.1, -0.05) is 35.9 Å². The van der Waals surface area contributed by atoms with Gasteiger partial charge in [0.15, 0.2) is 0 Å². The van der Waals surface area contributed by atoms with Gasteiger partial charge < -0.3 is 5.32 Å². The lowest BCUT2D eigenvalue weighted by molar-refractivity contribution is -0.0448. The number of amides is 1. The van der Waals surface area contributed by atoms with E-state index in [0.717, 1.165) is 11.3 Å². The van der Waals surface area contributed by atoms with Gasteiger partial charge in [0.1, 0.15) is 5.01 Å². The molecule has 3 rings (SSSR count). The Balaban J connectivity index is 1.66. The minimum absolute atomic E-state index is 0.175. The van der Waals surface area contributed by atoms with E-state index >= 15 is 0 Å². The van der Waals surface area contributed by atoms with E-state index in [-0.39, 0.29) is 10.9 Å². The fraction of sp³-hybridized carbons (Fsp3) is 0.111. The Morgan fingerprint density at radius 3 is 2.40 bits per heavy atom. The van der Waals surface area contributed by atoms with E-state index in [9.17, 15) is 26.4 Å². The molecule has 12 heteroatoms. The fourth-order valence-electron chi connectivity index (χ4n) is 2.33. The van der Waals surface area contributed by atoms with E-state index in [1.165, 1.54) is 10.9 Å². The molecule has 0 saturated heterocycles. The van der Waals surface area contributed by atoms with Crippen LogP contribution < -0.4 is 10.0 Å². The maximum atomic E-state index is 12.4. The number of anilines is 1. The zero-order valence-corrected chi connectivity index (χ0v) is 17.3. The minimum atomic E-state index is -5.43. The van der Waals surface area contributed by atoms with Crippen LogP contribution in [0.3, 0.4) is 0 Å². The maximum Gasteiger partial charge on any atom is 0.511 e. The quantitative estimate of drug-likeness (QED) is 0.543. The van der Waals surface area contributed by atoms with Crippen LogP contribution in [0.15, 0.2) is 54.7 Å². The molecule has 0 aliphatic rings. The van der Waals surface area contributed by atoms with E-state index in [1.54, 1.807) is 48.5 Å². The molecule has 0 radical (unpaired) electrons. The summed E-state index contributed by atoms with van der Waals surface area (Å²) in [6.45, 7) is -0.571. The van der Waals surface area contributed by atoms with Gasteiger partial charge in [0.2, 0.25) is 0 Å². The molecule has 6 nitrogen and oxygen atoms in total. The maximum absolute atomic E-state index is 12.4. The van der Waals surface area contributed by atoms with Gasteiger partial charge in [0, 0.05) is 11.9 Å². The van der Waals surface area contributed by atoms with E-state index in [2.05, 4.69) is 10.3 Å². The average Bonchev–Trinajstić information content (AvgIpc) is 3.15. The summed E-state index contributed by atoms with van der Waals surface area (Å²) in [5, 5.41) is 3.21. The van der Waals surface area contributed by atoms with Crippen molar-refractivity contribution < 1.29 is 26.4 Å². The molecule has 1 heterocycles. The number of alkyl halides is 3. The summed E-state index contributed by atoms with van der Waals surface area (Å²) >= 11 is 7.05. The molecular weight excluding hydrogens is 463 g/mol. The lowest BCUT2D eigenvalue weighted by atomic mass is 10.1. The van der Waals surface area contributed by atoms with Crippen LogP contribution in [0.1, 0.15) is 15.4 Å². The molecule has 0 atom stereocenters. The van der Waals surface area contributed by atoms with Gasteiger partial charge in [-0.15, -0.1) is 11.3 Å². The topological polar surface area (TPSA) is 88.2 Å². The van der Waals surface area contributed by atoms with Gasteiger partial charge in [-0.3, -0.25) is 4.79 Å². The van der Waals surface area contributed by atoms with Gasteiger partial charge in [-0.2, -0.15) is 13.2 Å². The van der Waals surface area contributed by atoms with Crippen LogP contribution >= 0.6 is 22.9 Å². The zero-order chi connectivity index (χ0) is 21.9. The largest absolute Gasteiger partial charge is 0.511 e. The summed E-state index contributed by atoms with van der Waals surface area (Å²) in [7, 11) is -5.43. The van der Waals surface area contributed by atoms with Crippen LogP contribution in [-0.4, -0.2) is 24.8 Å². The minimum Gasteiger partial charge on any atom is -0.322 e. The molecule has 158 valence electrons. The smallest absolute Gasteiger partial charge is 0.322 e. The summed E-state index contributed by atoms with van der Waals surface area (Å²) in [5.41, 5.74) is -3.83. The van der Waals surface area contributed by atoms with Crippen molar-refractivity contribution in [3.05, 3.63) is 70.3 Å². The summed E-state index contributed by atoms with van der Waals surface area (Å²) in [6.07, 6.45) is 1.43. The van der Waals surface area contributed by atoms with Crippen LogP contribution in [0, 0.1) is 0 Å². The van der Waals surface area contributed by atoms with Crippen LogP contribution in [0.4, 0.5) is 18.9 Å². The number of nitrogens with one attached hydrogen (secondary N) is 2. The summed E-state index contributed by atoms with van der Waals surface area (Å²) < 4.78 is 60.6. The second-order valence-corrected chi connectivity index (χ2v) is 9.18. The van der Waals surface area contributed by atoms with Crippen molar-refractivity contribution in [1.29, 1.82) is 0 Å². The number of hydrogen-bond donors (Lipinski definition) is 2. The number of hydrogen-bond acceptors (Lipinski definition) is 5. The monoisotopic (exact) mass is 475 g/mol. The number of halogens is 4. The van der Waals surface area contributed by atoms with Gasteiger partial charge in [0.25, 0.3) is 5.91 Å². The Morgan fingerprint density at radius 2 is 1.77 bits per heavy atom. The van der Waals surface area contributed by atoms with Crippen molar-refractivity contribution in [2.75, 3.05) is 5.32 Å².